The zero-order valence-electron chi connectivity index (χ0n) is 13.8. The van der Waals surface area contributed by atoms with Crippen molar-refractivity contribution < 1.29 is 9.59 Å². The van der Waals surface area contributed by atoms with Crippen LogP contribution in [0.4, 0.5) is 0 Å². The zero-order valence-corrected chi connectivity index (χ0v) is 14.6. The molecule has 1 saturated heterocycles. The minimum atomic E-state index is -0.0794. The molecule has 1 fully saturated rings. The minimum absolute atomic E-state index is 0.0794. The Bertz CT molecular complexity index is 553. The second kappa shape index (κ2) is 7.43. The van der Waals surface area contributed by atoms with Gasteiger partial charge >= 0.3 is 0 Å². The Morgan fingerprint density at radius 1 is 1.26 bits per heavy atom. The topological polar surface area (TPSA) is 62.3 Å². The second-order valence-corrected chi connectivity index (χ2v) is 7.63. The Morgan fingerprint density at radius 3 is 2.70 bits per heavy atom. The fourth-order valence-corrected chi connectivity index (χ4v) is 4.75. The molecule has 1 aliphatic carbocycles. The molecule has 2 amide bonds. The van der Waals surface area contributed by atoms with Crippen molar-refractivity contribution >= 4 is 23.2 Å². The van der Waals surface area contributed by atoms with E-state index in [1.54, 1.807) is 0 Å². The van der Waals surface area contributed by atoms with E-state index in [9.17, 15) is 9.59 Å². The van der Waals surface area contributed by atoms with Crippen LogP contribution in [0.25, 0.3) is 0 Å². The first kappa shape index (κ1) is 16.4. The van der Waals surface area contributed by atoms with Crippen molar-refractivity contribution in [2.24, 2.45) is 0 Å². The van der Waals surface area contributed by atoms with Gasteiger partial charge in [0.25, 0.3) is 0 Å². The summed E-state index contributed by atoms with van der Waals surface area (Å²) >= 11 is 1.91. The fourth-order valence-electron chi connectivity index (χ4n) is 3.43. The number of thiazole rings is 1. The maximum atomic E-state index is 12.1. The van der Waals surface area contributed by atoms with Gasteiger partial charge in [-0.15, -0.1) is 11.3 Å². The highest BCUT2D eigenvalue weighted by atomic mass is 32.1. The molecule has 2 heterocycles. The highest BCUT2D eigenvalue weighted by Gasteiger charge is 2.27. The standard InChI is InChI=1S/C17H25N3O2S/c1-12(21)18-9-6-16(22)20-10-7-13(8-11-20)17-19-14-4-2-3-5-15(14)23-17/h13H,2-11H2,1H3,(H,18,21). The number of nitrogens with zero attached hydrogens (tertiary/aromatic N) is 2. The van der Waals surface area contributed by atoms with E-state index in [-0.39, 0.29) is 11.8 Å². The third-order valence-corrected chi connectivity index (χ3v) is 6.09. The van der Waals surface area contributed by atoms with Crippen LogP contribution in [0.1, 0.15) is 60.5 Å². The lowest BCUT2D eigenvalue weighted by molar-refractivity contribution is -0.132. The van der Waals surface area contributed by atoms with Gasteiger partial charge in [-0.1, -0.05) is 0 Å². The molecule has 0 radical (unpaired) electrons. The van der Waals surface area contributed by atoms with Crippen LogP contribution in [-0.2, 0) is 22.4 Å². The molecule has 1 aromatic heterocycles. The first-order chi connectivity index (χ1) is 11.1. The predicted molar refractivity (Wildman–Crippen MR) is 90.6 cm³/mol. The van der Waals surface area contributed by atoms with Gasteiger partial charge in [-0.25, -0.2) is 4.98 Å². The van der Waals surface area contributed by atoms with Gasteiger partial charge in [-0.05, 0) is 38.5 Å². The number of rotatable bonds is 4. The molecule has 0 bridgehead atoms. The normalized spacial score (nSPS) is 18.6. The number of nitrogens with one attached hydrogen (secondary N) is 1. The van der Waals surface area contributed by atoms with E-state index >= 15 is 0 Å². The molecular weight excluding hydrogens is 310 g/mol. The van der Waals surface area contributed by atoms with Crippen LogP contribution in [0.3, 0.4) is 0 Å². The molecule has 1 aromatic rings. The first-order valence-corrected chi connectivity index (χ1v) is 9.46. The summed E-state index contributed by atoms with van der Waals surface area (Å²) in [4.78, 5) is 31.3. The van der Waals surface area contributed by atoms with Crippen molar-refractivity contribution in [1.29, 1.82) is 0 Å². The number of piperidine rings is 1. The molecule has 23 heavy (non-hydrogen) atoms. The van der Waals surface area contributed by atoms with E-state index in [1.165, 1.54) is 41.8 Å². The molecule has 3 rings (SSSR count). The number of hydrogen-bond acceptors (Lipinski definition) is 4. The summed E-state index contributed by atoms with van der Waals surface area (Å²) in [5.41, 5.74) is 1.34. The summed E-state index contributed by atoms with van der Waals surface area (Å²) in [7, 11) is 0. The number of fused-ring (bicyclic) bond motifs is 1. The van der Waals surface area contributed by atoms with Crippen LogP contribution in [-0.4, -0.2) is 41.3 Å². The lowest BCUT2D eigenvalue weighted by atomic mass is 9.97. The maximum absolute atomic E-state index is 12.1. The Morgan fingerprint density at radius 2 is 2.00 bits per heavy atom. The summed E-state index contributed by atoms with van der Waals surface area (Å²) in [6, 6.07) is 0. The third kappa shape index (κ3) is 4.10. The number of amides is 2. The van der Waals surface area contributed by atoms with Crippen LogP contribution < -0.4 is 5.32 Å². The molecule has 0 saturated carbocycles. The molecule has 126 valence electrons. The largest absolute Gasteiger partial charge is 0.356 e. The van der Waals surface area contributed by atoms with E-state index in [1.807, 2.05) is 16.2 Å². The van der Waals surface area contributed by atoms with E-state index in [4.69, 9.17) is 4.98 Å². The molecule has 0 spiro atoms. The molecule has 6 heteroatoms. The molecule has 5 nitrogen and oxygen atoms in total. The maximum Gasteiger partial charge on any atom is 0.224 e. The minimum Gasteiger partial charge on any atom is -0.356 e. The highest BCUT2D eigenvalue weighted by molar-refractivity contribution is 7.11. The average molecular weight is 335 g/mol. The summed E-state index contributed by atoms with van der Waals surface area (Å²) in [6.45, 7) is 3.54. The average Bonchev–Trinajstić information content (AvgIpc) is 2.98. The lowest BCUT2D eigenvalue weighted by Crippen LogP contribution is -2.39. The summed E-state index contributed by atoms with van der Waals surface area (Å²) < 4.78 is 0. The van der Waals surface area contributed by atoms with E-state index in [0.29, 0.717) is 18.9 Å². The highest BCUT2D eigenvalue weighted by Crippen LogP contribution is 2.35. The van der Waals surface area contributed by atoms with Gasteiger partial charge in [-0.3, -0.25) is 9.59 Å². The van der Waals surface area contributed by atoms with Crippen molar-refractivity contribution in [1.82, 2.24) is 15.2 Å². The van der Waals surface area contributed by atoms with Crippen molar-refractivity contribution in [3.63, 3.8) is 0 Å². The quantitative estimate of drug-likeness (QED) is 0.918. The van der Waals surface area contributed by atoms with E-state index in [2.05, 4.69) is 5.32 Å². The van der Waals surface area contributed by atoms with Crippen molar-refractivity contribution in [3.8, 4) is 0 Å². The van der Waals surface area contributed by atoms with Gasteiger partial charge in [0.15, 0.2) is 0 Å². The predicted octanol–water partition coefficient (Wildman–Crippen LogP) is 2.25. The summed E-state index contributed by atoms with van der Waals surface area (Å²) in [5, 5.41) is 3.98. The molecule has 0 aromatic carbocycles. The molecule has 0 atom stereocenters. The number of carbonyl (C=O) groups is 2. The lowest BCUT2D eigenvalue weighted by Gasteiger charge is -2.31. The number of likely N-dealkylation sites (tertiary alicyclic amines) is 1. The van der Waals surface area contributed by atoms with Crippen molar-refractivity contribution in [3.05, 3.63) is 15.6 Å². The van der Waals surface area contributed by atoms with Crippen LogP contribution in [0.2, 0.25) is 0 Å². The SMILES string of the molecule is CC(=O)NCCC(=O)N1CCC(c2nc3c(s2)CCCC3)CC1. The second-order valence-electron chi connectivity index (χ2n) is 6.52. The number of aryl methyl sites for hydroxylation is 2. The monoisotopic (exact) mass is 335 g/mol. The van der Waals surface area contributed by atoms with Crippen molar-refractivity contribution in [2.45, 2.75) is 57.8 Å². The zero-order chi connectivity index (χ0) is 16.2. The van der Waals surface area contributed by atoms with Gasteiger partial charge < -0.3 is 10.2 Å². The Balaban J connectivity index is 1.49. The van der Waals surface area contributed by atoms with Crippen LogP contribution in [0.5, 0.6) is 0 Å². The Hall–Kier alpha value is -1.43. The number of aromatic nitrogens is 1. The molecular formula is C17H25N3O2S. The van der Waals surface area contributed by atoms with Crippen LogP contribution >= 0.6 is 11.3 Å². The van der Waals surface area contributed by atoms with Crippen LogP contribution in [0, 0.1) is 0 Å². The fraction of sp³-hybridized carbons (Fsp3) is 0.706. The third-order valence-electron chi connectivity index (χ3n) is 4.77. The molecule has 0 unspecified atom stereocenters. The van der Waals surface area contributed by atoms with Gasteiger partial charge in [0.1, 0.15) is 0 Å². The molecule has 1 aliphatic heterocycles. The van der Waals surface area contributed by atoms with Gasteiger partial charge in [0, 0.05) is 43.8 Å². The van der Waals surface area contributed by atoms with Gasteiger partial charge in [-0.2, -0.15) is 0 Å². The smallest absolute Gasteiger partial charge is 0.224 e. The van der Waals surface area contributed by atoms with E-state index in [0.717, 1.165) is 32.4 Å². The Kier molecular flexibility index (Phi) is 5.30. The summed E-state index contributed by atoms with van der Waals surface area (Å²) in [6.07, 6.45) is 7.35. The first-order valence-electron chi connectivity index (χ1n) is 8.64. The molecule has 2 aliphatic rings. The van der Waals surface area contributed by atoms with Crippen molar-refractivity contribution in [2.75, 3.05) is 19.6 Å². The summed E-state index contributed by atoms with van der Waals surface area (Å²) in [5.74, 6) is 0.588. The van der Waals surface area contributed by atoms with Crippen LogP contribution in [0.15, 0.2) is 0 Å². The van der Waals surface area contributed by atoms with Gasteiger partial charge in [0.05, 0.1) is 10.7 Å². The van der Waals surface area contributed by atoms with Gasteiger partial charge in [0.2, 0.25) is 11.8 Å². The number of hydrogen-bond donors (Lipinski definition) is 1. The Labute approximate surface area is 141 Å². The van der Waals surface area contributed by atoms with E-state index < -0.39 is 0 Å². The number of carbonyl (C=O) groups excluding carboxylic acids is 2. The molecule has 1 N–H and O–H groups in total.